The minimum Gasteiger partial charge on any atom is -0.394 e. The van der Waals surface area contributed by atoms with Gasteiger partial charge in [0.05, 0.1) is 25.4 Å². The van der Waals surface area contributed by atoms with Gasteiger partial charge in [0.2, 0.25) is 0 Å². The van der Waals surface area contributed by atoms with Crippen molar-refractivity contribution in [1.29, 1.82) is 0 Å². The molecule has 0 aromatic carbocycles. The molecule has 5 unspecified atom stereocenters. The summed E-state index contributed by atoms with van der Waals surface area (Å²) in [5.74, 6) is 2.75. The molecule has 4 saturated carbocycles. The second-order valence-corrected chi connectivity index (χ2v) is 20.3. The summed E-state index contributed by atoms with van der Waals surface area (Å²) >= 11 is 0. The quantitative estimate of drug-likeness (QED) is 0.143. The van der Waals surface area contributed by atoms with Crippen molar-refractivity contribution in [2.24, 2.45) is 57.2 Å². The maximum atomic E-state index is 12.2. The van der Waals surface area contributed by atoms with Crippen LogP contribution < -0.4 is 0 Å². The summed E-state index contributed by atoms with van der Waals surface area (Å²) in [6.07, 6.45) is -5.07. The van der Waals surface area contributed by atoms with Gasteiger partial charge in [0.15, 0.2) is 12.6 Å². The van der Waals surface area contributed by atoms with Crippen LogP contribution >= 0.6 is 0 Å². The molecule has 4 aliphatic carbocycles. The van der Waals surface area contributed by atoms with Crippen LogP contribution in [0.2, 0.25) is 0 Å². The lowest BCUT2D eigenvalue weighted by Gasteiger charge is -2.70. The van der Waals surface area contributed by atoms with Crippen LogP contribution in [0.1, 0.15) is 120 Å². The largest absolute Gasteiger partial charge is 0.394 e. The van der Waals surface area contributed by atoms with Crippen LogP contribution in [0, 0.1) is 57.2 Å². The number of hydrogen-bond acceptors (Lipinski definition) is 12. The van der Waals surface area contributed by atoms with E-state index in [0.29, 0.717) is 36.0 Å². The Kier molecular flexibility index (Phi) is 12.7. The van der Waals surface area contributed by atoms with E-state index in [1.807, 2.05) is 0 Å². The maximum absolute atomic E-state index is 12.2. The molecule has 0 amide bonds. The molecule has 314 valence electrons. The number of ether oxygens (including phenoxy) is 4. The van der Waals surface area contributed by atoms with Crippen molar-refractivity contribution in [3.05, 3.63) is 0 Å². The van der Waals surface area contributed by atoms with Gasteiger partial charge in [0.25, 0.3) is 0 Å². The minimum atomic E-state index is -1.73. The van der Waals surface area contributed by atoms with Crippen LogP contribution in [0.15, 0.2) is 0 Å². The van der Waals surface area contributed by atoms with E-state index < -0.39 is 74.6 Å². The van der Waals surface area contributed by atoms with Gasteiger partial charge in [-0.3, -0.25) is 0 Å². The Hall–Kier alpha value is -0.480. The molecule has 0 aromatic rings. The Morgan fingerprint density at radius 1 is 0.648 bits per heavy atom. The standard InChI is InChI=1S/C42H74O12/c1-21(2)10-9-11-22(3)23-12-16-42(8)30(23)24(45)18-28-40(6)15-14-29(39(4,5)27(40)13-17-41(28,42)7)53-38-36(34(49)32(47)26(20-44)52-38)54-37-35(50)33(48)31(46)25(19-43)51-37/h21-38,43-50H,9-20H2,1-8H3/t22?,23?,24-,25-,26-,27?,28?,29+,30?,31-,32-,33+,34+,35-,36-,37+,38+,40+,41-,42-/m1/s1. The molecule has 2 aliphatic heterocycles. The Morgan fingerprint density at radius 3 is 1.89 bits per heavy atom. The second kappa shape index (κ2) is 15.9. The zero-order valence-electron chi connectivity index (χ0n) is 34.1. The van der Waals surface area contributed by atoms with Gasteiger partial charge in [-0.25, -0.2) is 0 Å². The topological polar surface area (TPSA) is 199 Å². The summed E-state index contributed by atoms with van der Waals surface area (Å²) < 4.78 is 24.4. The smallest absolute Gasteiger partial charge is 0.187 e. The zero-order valence-corrected chi connectivity index (χ0v) is 34.1. The van der Waals surface area contributed by atoms with Gasteiger partial charge in [-0.15, -0.1) is 0 Å². The van der Waals surface area contributed by atoms with Crippen molar-refractivity contribution in [3.8, 4) is 0 Å². The number of hydrogen-bond donors (Lipinski definition) is 8. The van der Waals surface area contributed by atoms with Crippen molar-refractivity contribution >= 4 is 0 Å². The molecular weight excluding hydrogens is 696 g/mol. The van der Waals surface area contributed by atoms with E-state index >= 15 is 0 Å². The molecule has 6 aliphatic rings. The van der Waals surface area contributed by atoms with Crippen molar-refractivity contribution in [2.45, 2.75) is 193 Å². The third kappa shape index (κ3) is 7.06. The Balaban J connectivity index is 1.21. The molecule has 12 nitrogen and oxygen atoms in total. The fraction of sp³-hybridized carbons (Fsp3) is 1.00. The highest BCUT2D eigenvalue weighted by atomic mass is 16.8. The van der Waals surface area contributed by atoms with Crippen LogP contribution in [-0.4, -0.2) is 128 Å². The maximum Gasteiger partial charge on any atom is 0.187 e. The Morgan fingerprint density at radius 2 is 1.26 bits per heavy atom. The summed E-state index contributed by atoms with van der Waals surface area (Å²) in [6, 6.07) is 0. The van der Waals surface area contributed by atoms with E-state index in [-0.39, 0.29) is 39.8 Å². The van der Waals surface area contributed by atoms with Crippen LogP contribution in [0.4, 0.5) is 0 Å². The van der Waals surface area contributed by atoms with Gasteiger partial charge in [-0.05, 0) is 102 Å². The number of aliphatic hydroxyl groups excluding tert-OH is 8. The molecule has 54 heavy (non-hydrogen) atoms. The Bertz CT molecular complexity index is 1270. The molecule has 12 heteroatoms. The van der Waals surface area contributed by atoms with Gasteiger partial charge >= 0.3 is 0 Å². The van der Waals surface area contributed by atoms with E-state index in [0.717, 1.165) is 32.1 Å². The lowest BCUT2D eigenvalue weighted by molar-refractivity contribution is -0.378. The monoisotopic (exact) mass is 771 g/mol. The molecule has 2 saturated heterocycles. The van der Waals surface area contributed by atoms with Gasteiger partial charge < -0.3 is 59.8 Å². The third-order valence-electron chi connectivity index (χ3n) is 16.8. The fourth-order valence-electron chi connectivity index (χ4n) is 13.5. The predicted octanol–water partition coefficient (Wildman–Crippen LogP) is 3.11. The minimum absolute atomic E-state index is 0.0545. The summed E-state index contributed by atoms with van der Waals surface area (Å²) in [5, 5.41) is 85.5. The molecule has 8 N–H and O–H groups in total. The molecule has 0 spiro atoms. The summed E-state index contributed by atoms with van der Waals surface area (Å²) in [5.41, 5.74) is -0.301. The fourth-order valence-corrected chi connectivity index (χ4v) is 13.5. The van der Waals surface area contributed by atoms with Crippen molar-refractivity contribution in [1.82, 2.24) is 0 Å². The number of fused-ring (bicyclic) bond motifs is 5. The van der Waals surface area contributed by atoms with Crippen molar-refractivity contribution < 1.29 is 59.8 Å². The normalized spacial score (nSPS) is 52.4. The van der Waals surface area contributed by atoms with Gasteiger partial charge in [-0.2, -0.15) is 0 Å². The number of rotatable bonds is 11. The summed E-state index contributed by atoms with van der Waals surface area (Å²) in [6.45, 7) is 17.7. The predicted molar refractivity (Wildman–Crippen MR) is 200 cm³/mol. The van der Waals surface area contributed by atoms with Crippen LogP contribution in [0.25, 0.3) is 0 Å². The first-order valence-corrected chi connectivity index (χ1v) is 21.2. The highest BCUT2D eigenvalue weighted by molar-refractivity contribution is 5.19. The van der Waals surface area contributed by atoms with E-state index in [1.165, 1.54) is 25.7 Å². The molecule has 2 heterocycles. The van der Waals surface area contributed by atoms with E-state index in [1.54, 1.807) is 0 Å². The van der Waals surface area contributed by atoms with Crippen molar-refractivity contribution in [3.63, 3.8) is 0 Å². The van der Waals surface area contributed by atoms with E-state index in [2.05, 4.69) is 55.4 Å². The zero-order chi connectivity index (χ0) is 39.7. The van der Waals surface area contributed by atoms with Gasteiger partial charge in [-0.1, -0.05) is 74.7 Å². The average Bonchev–Trinajstić information content (AvgIpc) is 3.49. The first-order chi connectivity index (χ1) is 25.3. The summed E-state index contributed by atoms with van der Waals surface area (Å²) in [4.78, 5) is 0. The van der Waals surface area contributed by atoms with Crippen LogP contribution in [0.3, 0.4) is 0 Å². The molecule has 6 rings (SSSR count). The first-order valence-electron chi connectivity index (χ1n) is 21.2. The lowest BCUT2D eigenvalue weighted by atomic mass is 9.35. The Labute approximate surface area is 322 Å². The second-order valence-electron chi connectivity index (χ2n) is 20.3. The van der Waals surface area contributed by atoms with E-state index in [9.17, 15) is 40.9 Å². The first kappa shape index (κ1) is 43.1. The average molecular weight is 771 g/mol. The number of aliphatic hydroxyl groups is 8. The molecule has 20 atom stereocenters. The van der Waals surface area contributed by atoms with Crippen LogP contribution in [0.5, 0.6) is 0 Å². The van der Waals surface area contributed by atoms with Gasteiger partial charge in [0.1, 0.15) is 48.8 Å². The van der Waals surface area contributed by atoms with Crippen molar-refractivity contribution in [2.75, 3.05) is 13.2 Å². The molecular formula is C42H74O12. The molecule has 6 fully saturated rings. The highest BCUT2D eigenvalue weighted by Gasteiger charge is 2.71. The lowest BCUT2D eigenvalue weighted by Crippen LogP contribution is -2.67. The van der Waals surface area contributed by atoms with Gasteiger partial charge in [0, 0.05) is 0 Å². The molecule has 0 radical (unpaired) electrons. The summed E-state index contributed by atoms with van der Waals surface area (Å²) in [7, 11) is 0. The highest BCUT2D eigenvalue weighted by Crippen LogP contribution is 2.75. The van der Waals surface area contributed by atoms with Crippen LogP contribution in [-0.2, 0) is 18.9 Å². The molecule has 0 aromatic heterocycles. The van der Waals surface area contributed by atoms with E-state index in [4.69, 9.17) is 18.9 Å². The SMILES string of the molecule is CC(C)CCCC(C)C1CC[C@]2(C)C1[C@H](O)CC1[C@@]3(C)CC[C@H](O[C@@H]4O[C@H](CO)[C@@H](O)[C@H](O)[C@H]4O[C@@H]4O[C@H](CO)[C@@H](O)[C@H](O)[C@H]4O)C(C)(C)C3CC[C@]12C. The third-order valence-corrected chi connectivity index (χ3v) is 16.8. The molecule has 0 bridgehead atoms.